The van der Waals surface area contributed by atoms with E-state index in [0.717, 1.165) is 9.68 Å². The SMILES string of the molecule is Cc1ccc(C(=O)N=c2sccn2C)s1. The molecule has 0 spiro atoms. The van der Waals surface area contributed by atoms with E-state index in [1.807, 2.05) is 42.2 Å². The summed E-state index contributed by atoms with van der Waals surface area (Å²) in [6, 6.07) is 3.75. The van der Waals surface area contributed by atoms with E-state index in [4.69, 9.17) is 0 Å². The Bertz CT molecular complexity index is 548. The number of nitrogens with zero attached hydrogens (tertiary/aromatic N) is 2. The summed E-state index contributed by atoms with van der Waals surface area (Å²) < 4.78 is 1.84. The van der Waals surface area contributed by atoms with Crippen LogP contribution in [0.25, 0.3) is 0 Å². The molecule has 0 radical (unpaired) electrons. The Morgan fingerprint density at radius 2 is 2.27 bits per heavy atom. The number of aromatic nitrogens is 1. The maximum absolute atomic E-state index is 11.7. The predicted octanol–water partition coefficient (Wildman–Crippen LogP) is 2.20. The summed E-state index contributed by atoms with van der Waals surface area (Å²) in [4.78, 5) is 18.3. The summed E-state index contributed by atoms with van der Waals surface area (Å²) in [6.45, 7) is 1.98. The molecule has 1 amide bonds. The minimum Gasteiger partial charge on any atom is -0.327 e. The molecule has 0 bridgehead atoms. The van der Waals surface area contributed by atoms with Gasteiger partial charge in [0.05, 0.1) is 4.88 Å². The van der Waals surface area contributed by atoms with Gasteiger partial charge in [-0.05, 0) is 19.1 Å². The van der Waals surface area contributed by atoms with Crippen molar-refractivity contribution in [2.45, 2.75) is 6.92 Å². The maximum Gasteiger partial charge on any atom is 0.289 e. The molecular formula is C10H10N2OS2. The van der Waals surface area contributed by atoms with Gasteiger partial charge in [0.15, 0.2) is 4.80 Å². The predicted molar refractivity (Wildman–Crippen MR) is 62.2 cm³/mol. The standard InChI is InChI=1S/C10H10N2OS2/c1-7-3-4-8(15-7)9(13)11-10-12(2)5-6-14-10/h3-6H,1-2H3. The second-order valence-corrected chi connectivity index (χ2v) is 5.28. The zero-order valence-corrected chi connectivity index (χ0v) is 10.1. The fourth-order valence-electron chi connectivity index (χ4n) is 1.13. The van der Waals surface area contributed by atoms with E-state index in [-0.39, 0.29) is 5.91 Å². The normalized spacial score (nSPS) is 12.0. The third-order valence-corrected chi connectivity index (χ3v) is 3.74. The van der Waals surface area contributed by atoms with Crippen LogP contribution < -0.4 is 4.80 Å². The van der Waals surface area contributed by atoms with Crippen LogP contribution in [0.2, 0.25) is 0 Å². The fourth-order valence-corrected chi connectivity index (χ4v) is 2.61. The summed E-state index contributed by atoms with van der Waals surface area (Å²) in [5, 5.41) is 1.91. The lowest BCUT2D eigenvalue weighted by molar-refractivity contribution is 0.100. The van der Waals surface area contributed by atoms with E-state index in [1.54, 1.807) is 0 Å². The van der Waals surface area contributed by atoms with E-state index < -0.39 is 0 Å². The number of hydrogen-bond acceptors (Lipinski definition) is 3. The molecule has 0 atom stereocenters. The Balaban J connectivity index is 2.35. The molecule has 15 heavy (non-hydrogen) atoms. The molecule has 0 fully saturated rings. The monoisotopic (exact) mass is 238 g/mol. The third-order valence-electron chi connectivity index (χ3n) is 1.91. The van der Waals surface area contributed by atoms with Crippen molar-refractivity contribution in [1.29, 1.82) is 0 Å². The minimum absolute atomic E-state index is 0.161. The molecule has 5 heteroatoms. The van der Waals surface area contributed by atoms with Gasteiger partial charge < -0.3 is 4.57 Å². The van der Waals surface area contributed by atoms with Gasteiger partial charge in [0.1, 0.15) is 0 Å². The lowest BCUT2D eigenvalue weighted by Crippen LogP contribution is -2.11. The second-order valence-electron chi connectivity index (χ2n) is 3.12. The highest BCUT2D eigenvalue weighted by Gasteiger charge is 2.06. The van der Waals surface area contributed by atoms with Crippen LogP contribution in [0.5, 0.6) is 0 Å². The molecular weight excluding hydrogens is 228 g/mol. The van der Waals surface area contributed by atoms with Crippen LogP contribution in [0.3, 0.4) is 0 Å². The highest BCUT2D eigenvalue weighted by Crippen LogP contribution is 2.15. The van der Waals surface area contributed by atoms with Crippen molar-refractivity contribution in [2.75, 3.05) is 0 Å². The number of aryl methyl sites for hydroxylation is 2. The smallest absolute Gasteiger partial charge is 0.289 e. The lowest BCUT2D eigenvalue weighted by atomic mass is 10.4. The molecule has 0 saturated carbocycles. The average Bonchev–Trinajstić information content (AvgIpc) is 2.77. The highest BCUT2D eigenvalue weighted by molar-refractivity contribution is 7.14. The first-order chi connectivity index (χ1) is 7.16. The molecule has 2 aromatic rings. The first-order valence-electron chi connectivity index (χ1n) is 4.42. The molecule has 0 aliphatic heterocycles. The Morgan fingerprint density at radius 3 is 2.80 bits per heavy atom. The van der Waals surface area contributed by atoms with Crippen molar-refractivity contribution in [3.63, 3.8) is 0 Å². The molecule has 2 aromatic heterocycles. The average molecular weight is 238 g/mol. The number of carbonyl (C=O) groups excluding carboxylic acids is 1. The number of rotatable bonds is 1. The molecule has 78 valence electrons. The summed E-state index contributed by atoms with van der Waals surface area (Å²) >= 11 is 2.94. The van der Waals surface area contributed by atoms with Crippen LogP contribution in [0.1, 0.15) is 14.5 Å². The minimum atomic E-state index is -0.161. The molecule has 0 saturated heterocycles. The Morgan fingerprint density at radius 1 is 1.47 bits per heavy atom. The first-order valence-corrected chi connectivity index (χ1v) is 6.12. The largest absolute Gasteiger partial charge is 0.327 e. The molecule has 2 rings (SSSR count). The quantitative estimate of drug-likeness (QED) is 0.750. The van der Waals surface area contributed by atoms with E-state index in [1.165, 1.54) is 22.7 Å². The summed E-state index contributed by atoms with van der Waals surface area (Å²) in [7, 11) is 1.88. The third kappa shape index (κ3) is 2.24. The second kappa shape index (κ2) is 4.12. The van der Waals surface area contributed by atoms with Gasteiger partial charge in [0.25, 0.3) is 5.91 Å². The molecule has 0 unspecified atom stereocenters. The van der Waals surface area contributed by atoms with E-state index in [0.29, 0.717) is 4.88 Å². The van der Waals surface area contributed by atoms with Gasteiger partial charge in [0.2, 0.25) is 0 Å². The van der Waals surface area contributed by atoms with Crippen molar-refractivity contribution in [1.82, 2.24) is 4.57 Å². The Kier molecular flexibility index (Phi) is 2.83. The van der Waals surface area contributed by atoms with Crippen LogP contribution >= 0.6 is 22.7 Å². The molecule has 0 N–H and O–H groups in total. The van der Waals surface area contributed by atoms with E-state index >= 15 is 0 Å². The zero-order chi connectivity index (χ0) is 10.8. The van der Waals surface area contributed by atoms with Crippen molar-refractivity contribution in [3.8, 4) is 0 Å². The molecule has 0 aromatic carbocycles. The van der Waals surface area contributed by atoms with E-state index in [2.05, 4.69) is 4.99 Å². The summed E-state index contributed by atoms with van der Waals surface area (Å²) in [6.07, 6.45) is 1.89. The van der Waals surface area contributed by atoms with Gasteiger partial charge in [-0.3, -0.25) is 4.79 Å². The van der Waals surface area contributed by atoms with Crippen molar-refractivity contribution >= 4 is 28.6 Å². The van der Waals surface area contributed by atoms with Gasteiger partial charge in [-0.15, -0.1) is 22.7 Å². The summed E-state index contributed by atoms with van der Waals surface area (Å²) in [5.74, 6) is -0.161. The number of thiophene rings is 1. The fraction of sp³-hybridized carbons (Fsp3) is 0.200. The van der Waals surface area contributed by atoms with Gasteiger partial charge in [-0.1, -0.05) is 0 Å². The van der Waals surface area contributed by atoms with Gasteiger partial charge >= 0.3 is 0 Å². The topological polar surface area (TPSA) is 34.4 Å². The molecule has 2 heterocycles. The van der Waals surface area contributed by atoms with Crippen LogP contribution in [0, 0.1) is 6.92 Å². The molecule has 3 nitrogen and oxygen atoms in total. The first kappa shape index (κ1) is 10.3. The zero-order valence-electron chi connectivity index (χ0n) is 8.43. The molecule has 0 aliphatic rings. The van der Waals surface area contributed by atoms with Crippen LogP contribution in [-0.4, -0.2) is 10.5 Å². The number of thiazole rings is 1. The van der Waals surface area contributed by atoms with Gasteiger partial charge in [-0.25, -0.2) is 0 Å². The van der Waals surface area contributed by atoms with Crippen LogP contribution in [-0.2, 0) is 7.05 Å². The van der Waals surface area contributed by atoms with Crippen LogP contribution in [0.15, 0.2) is 28.7 Å². The highest BCUT2D eigenvalue weighted by atomic mass is 32.1. The van der Waals surface area contributed by atoms with E-state index in [9.17, 15) is 4.79 Å². The van der Waals surface area contributed by atoms with Crippen molar-refractivity contribution in [2.24, 2.45) is 12.0 Å². The Labute approximate surface area is 95.4 Å². The number of carbonyl (C=O) groups is 1. The van der Waals surface area contributed by atoms with Gasteiger partial charge in [-0.2, -0.15) is 4.99 Å². The Hall–Kier alpha value is -1.20. The summed E-state index contributed by atoms with van der Waals surface area (Å²) in [5.41, 5.74) is 0. The lowest BCUT2D eigenvalue weighted by Gasteiger charge is -1.89. The van der Waals surface area contributed by atoms with Crippen molar-refractivity contribution in [3.05, 3.63) is 38.3 Å². The number of amides is 1. The maximum atomic E-state index is 11.7. The van der Waals surface area contributed by atoms with Crippen LogP contribution in [0.4, 0.5) is 0 Å². The number of hydrogen-bond donors (Lipinski definition) is 0. The molecule has 0 aliphatic carbocycles. The van der Waals surface area contributed by atoms with Gasteiger partial charge in [0, 0.05) is 23.5 Å². The van der Waals surface area contributed by atoms with Crippen molar-refractivity contribution < 1.29 is 4.79 Å².